The maximum absolute atomic E-state index is 13.2. The molecule has 0 spiro atoms. The number of carbonyl (C=O) groups is 2. The van der Waals surface area contributed by atoms with Crippen LogP contribution in [-0.4, -0.2) is 61.1 Å². The number of ketones is 1. The number of halogens is 1. The molecule has 2 N–H and O–H groups in total. The van der Waals surface area contributed by atoms with Crippen LogP contribution in [0.3, 0.4) is 0 Å². The van der Waals surface area contributed by atoms with Crippen molar-refractivity contribution in [2.24, 2.45) is 0 Å². The third-order valence-corrected chi connectivity index (χ3v) is 6.96. The fraction of sp³-hybridized carbons (Fsp3) is 0.407. The summed E-state index contributed by atoms with van der Waals surface area (Å²) in [6, 6.07) is 14.0. The molecule has 2 aliphatic rings. The Morgan fingerprint density at radius 1 is 1.09 bits per heavy atom. The number of ether oxygens (including phenoxy) is 1. The van der Waals surface area contributed by atoms with Gasteiger partial charge in [-0.2, -0.15) is 0 Å². The molecule has 1 atom stereocenters. The second kappa shape index (κ2) is 10.7. The monoisotopic (exact) mass is 483 g/mol. The summed E-state index contributed by atoms with van der Waals surface area (Å²) >= 11 is 6.00. The predicted molar refractivity (Wildman–Crippen MR) is 132 cm³/mol. The summed E-state index contributed by atoms with van der Waals surface area (Å²) in [5.41, 5.74) is 2.58. The number of rotatable bonds is 7. The van der Waals surface area contributed by atoms with Gasteiger partial charge < -0.3 is 19.6 Å². The SMILES string of the molecule is CC(C)c1ccc([C@@H]2C(=C(O)c3ccc(Cl)cc3)C(=O)C(=O)N2CCC[NH+]2CCOCC2)cc1. The van der Waals surface area contributed by atoms with E-state index in [9.17, 15) is 14.7 Å². The summed E-state index contributed by atoms with van der Waals surface area (Å²) in [5.74, 6) is -1.02. The maximum Gasteiger partial charge on any atom is 0.295 e. The second-order valence-electron chi connectivity index (χ2n) is 9.29. The van der Waals surface area contributed by atoms with Crippen LogP contribution in [-0.2, 0) is 14.3 Å². The van der Waals surface area contributed by atoms with Gasteiger partial charge in [-0.15, -0.1) is 0 Å². The average Bonchev–Trinajstić information content (AvgIpc) is 3.10. The van der Waals surface area contributed by atoms with E-state index in [-0.39, 0.29) is 11.3 Å². The van der Waals surface area contributed by atoms with Crippen LogP contribution in [0.1, 0.15) is 48.9 Å². The summed E-state index contributed by atoms with van der Waals surface area (Å²) in [7, 11) is 0. The zero-order valence-electron chi connectivity index (χ0n) is 19.7. The normalized spacial score (nSPS) is 20.9. The van der Waals surface area contributed by atoms with Gasteiger partial charge in [-0.25, -0.2) is 0 Å². The Balaban J connectivity index is 1.67. The number of quaternary nitrogens is 1. The first-order chi connectivity index (χ1) is 16.4. The number of amides is 1. The lowest BCUT2D eigenvalue weighted by atomic mass is 9.93. The van der Waals surface area contributed by atoms with E-state index in [1.54, 1.807) is 29.2 Å². The predicted octanol–water partition coefficient (Wildman–Crippen LogP) is 3.19. The number of nitrogens with one attached hydrogen (secondary N) is 1. The van der Waals surface area contributed by atoms with Crippen molar-refractivity contribution >= 4 is 29.1 Å². The molecule has 0 bridgehead atoms. The fourth-order valence-electron chi connectivity index (χ4n) is 4.69. The van der Waals surface area contributed by atoms with Crippen LogP contribution in [0.15, 0.2) is 54.1 Å². The molecule has 2 aromatic rings. The average molecular weight is 484 g/mol. The van der Waals surface area contributed by atoms with Crippen LogP contribution in [0, 0.1) is 0 Å². The molecular formula is C27H32ClN2O4+. The van der Waals surface area contributed by atoms with E-state index >= 15 is 0 Å². The summed E-state index contributed by atoms with van der Waals surface area (Å²) < 4.78 is 5.43. The van der Waals surface area contributed by atoms with Crippen molar-refractivity contribution in [1.82, 2.24) is 4.90 Å². The van der Waals surface area contributed by atoms with Crippen LogP contribution in [0.2, 0.25) is 5.02 Å². The lowest BCUT2D eigenvalue weighted by molar-refractivity contribution is -0.908. The van der Waals surface area contributed by atoms with E-state index in [1.807, 2.05) is 24.3 Å². The van der Waals surface area contributed by atoms with Crippen molar-refractivity contribution in [3.05, 3.63) is 75.8 Å². The number of aliphatic hydroxyl groups is 1. The Bertz CT molecular complexity index is 1060. The first-order valence-electron chi connectivity index (χ1n) is 11.9. The second-order valence-corrected chi connectivity index (χ2v) is 9.72. The minimum Gasteiger partial charge on any atom is -0.507 e. The highest BCUT2D eigenvalue weighted by Crippen LogP contribution is 2.39. The Labute approximate surface area is 205 Å². The van der Waals surface area contributed by atoms with Crippen molar-refractivity contribution in [3.8, 4) is 0 Å². The van der Waals surface area contributed by atoms with Crippen LogP contribution in [0.4, 0.5) is 0 Å². The molecule has 7 heteroatoms. The van der Waals surface area contributed by atoms with Gasteiger partial charge in [0.15, 0.2) is 0 Å². The van der Waals surface area contributed by atoms with Gasteiger partial charge in [-0.05, 0) is 41.3 Å². The number of benzene rings is 2. The minimum atomic E-state index is -0.649. The quantitative estimate of drug-likeness (QED) is 0.360. The van der Waals surface area contributed by atoms with Gasteiger partial charge in [0.2, 0.25) is 0 Å². The number of carbonyl (C=O) groups excluding carboxylic acids is 2. The number of aliphatic hydroxyl groups excluding tert-OH is 1. The molecule has 1 amide bonds. The topological polar surface area (TPSA) is 71.3 Å². The first-order valence-corrected chi connectivity index (χ1v) is 12.3. The molecule has 34 heavy (non-hydrogen) atoms. The van der Waals surface area contributed by atoms with Gasteiger partial charge in [0.25, 0.3) is 11.7 Å². The molecule has 2 saturated heterocycles. The Morgan fingerprint density at radius 2 is 1.74 bits per heavy atom. The highest BCUT2D eigenvalue weighted by Gasteiger charge is 2.45. The van der Waals surface area contributed by atoms with E-state index in [0.29, 0.717) is 23.0 Å². The Hall–Kier alpha value is -2.67. The molecule has 6 nitrogen and oxygen atoms in total. The van der Waals surface area contributed by atoms with Crippen LogP contribution >= 0.6 is 11.6 Å². The lowest BCUT2D eigenvalue weighted by Crippen LogP contribution is -3.14. The third-order valence-electron chi connectivity index (χ3n) is 6.71. The summed E-state index contributed by atoms with van der Waals surface area (Å²) in [6.45, 7) is 9.01. The largest absolute Gasteiger partial charge is 0.507 e. The van der Waals surface area contributed by atoms with Crippen molar-refractivity contribution in [2.45, 2.75) is 32.2 Å². The van der Waals surface area contributed by atoms with E-state index in [0.717, 1.165) is 44.8 Å². The number of hydrogen-bond donors (Lipinski definition) is 2. The van der Waals surface area contributed by atoms with Crippen molar-refractivity contribution in [3.63, 3.8) is 0 Å². The first kappa shape index (κ1) is 24.5. The number of Topliss-reactive ketones (excluding diaryl/α,β-unsaturated/α-hetero) is 1. The van der Waals surface area contributed by atoms with Crippen molar-refractivity contribution in [2.75, 3.05) is 39.4 Å². The molecule has 180 valence electrons. The van der Waals surface area contributed by atoms with E-state index in [2.05, 4.69) is 13.8 Å². The smallest absolute Gasteiger partial charge is 0.295 e. The molecule has 2 heterocycles. The fourth-order valence-corrected chi connectivity index (χ4v) is 4.82. The minimum absolute atomic E-state index is 0.128. The number of nitrogens with zero attached hydrogens (tertiary/aromatic N) is 1. The van der Waals surface area contributed by atoms with Crippen LogP contribution < -0.4 is 4.90 Å². The van der Waals surface area contributed by atoms with Crippen molar-refractivity contribution in [1.29, 1.82) is 0 Å². The van der Waals surface area contributed by atoms with Gasteiger partial charge >= 0.3 is 0 Å². The highest BCUT2D eigenvalue weighted by atomic mass is 35.5. The molecule has 2 aliphatic heterocycles. The van der Waals surface area contributed by atoms with Gasteiger partial charge in [0.05, 0.1) is 31.4 Å². The van der Waals surface area contributed by atoms with E-state index in [1.165, 1.54) is 10.5 Å². The molecule has 0 aliphatic carbocycles. The standard InChI is InChI=1S/C27H31ClN2O4/c1-18(2)19-4-6-20(7-5-19)24-23(25(31)21-8-10-22(28)11-9-21)26(32)27(33)30(24)13-3-12-29-14-16-34-17-15-29/h4-11,18,24,31H,3,12-17H2,1-2H3/p+1/t24-/m1/s1. The van der Waals surface area contributed by atoms with Gasteiger partial charge in [0, 0.05) is 23.6 Å². The summed E-state index contributed by atoms with van der Waals surface area (Å²) in [5, 5.41) is 11.7. The molecule has 2 fully saturated rings. The van der Waals surface area contributed by atoms with Gasteiger partial charge in [-0.1, -0.05) is 49.7 Å². The van der Waals surface area contributed by atoms with Crippen molar-refractivity contribution < 1.29 is 24.3 Å². The Kier molecular flexibility index (Phi) is 7.71. The molecular weight excluding hydrogens is 452 g/mol. The molecule has 0 aromatic heterocycles. The zero-order chi connectivity index (χ0) is 24.2. The molecule has 4 rings (SSSR count). The Morgan fingerprint density at radius 3 is 2.35 bits per heavy atom. The van der Waals surface area contributed by atoms with Crippen LogP contribution in [0.25, 0.3) is 5.76 Å². The highest BCUT2D eigenvalue weighted by molar-refractivity contribution is 6.46. The lowest BCUT2D eigenvalue weighted by Gasteiger charge is -2.27. The van der Waals surface area contributed by atoms with Gasteiger partial charge in [-0.3, -0.25) is 9.59 Å². The van der Waals surface area contributed by atoms with Gasteiger partial charge in [0.1, 0.15) is 18.8 Å². The summed E-state index contributed by atoms with van der Waals surface area (Å²) in [4.78, 5) is 29.4. The molecule has 0 saturated carbocycles. The maximum atomic E-state index is 13.2. The number of morpholine rings is 1. The molecule has 0 unspecified atom stereocenters. The number of hydrogen-bond acceptors (Lipinski definition) is 4. The van der Waals surface area contributed by atoms with E-state index in [4.69, 9.17) is 16.3 Å². The number of likely N-dealkylation sites (tertiary alicyclic amines) is 1. The molecule has 2 aromatic carbocycles. The van der Waals surface area contributed by atoms with E-state index < -0.39 is 17.7 Å². The summed E-state index contributed by atoms with van der Waals surface area (Å²) in [6.07, 6.45) is 0.768. The van der Waals surface area contributed by atoms with Crippen LogP contribution in [0.5, 0.6) is 0 Å². The third kappa shape index (κ3) is 5.19. The molecule has 0 radical (unpaired) electrons. The zero-order valence-corrected chi connectivity index (χ0v) is 20.5.